The maximum Gasteiger partial charge on any atom is 0.337 e. The molecule has 0 atom stereocenters. The molecule has 0 fully saturated rings. The van der Waals surface area contributed by atoms with Gasteiger partial charge in [-0.25, -0.2) is 19.6 Å². The van der Waals surface area contributed by atoms with Crippen LogP contribution in [0.2, 0.25) is 0 Å². The number of ether oxygens (including phenoxy) is 2. The smallest absolute Gasteiger partial charge is 0.337 e. The molecular weight excluding hydrogens is 857 g/mol. The Morgan fingerprint density at radius 3 is 1.18 bits per heavy atom. The predicted molar refractivity (Wildman–Crippen MR) is 275 cm³/mol. The van der Waals surface area contributed by atoms with Crippen molar-refractivity contribution in [1.29, 1.82) is 0 Å². The minimum Gasteiger partial charge on any atom is -0.465 e. The molecule has 5 aromatic heterocycles. The summed E-state index contributed by atoms with van der Waals surface area (Å²) in [5.74, 6) is -0.793. The van der Waals surface area contributed by atoms with Gasteiger partial charge in [-0.1, -0.05) is 76.6 Å². The Balaban J connectivity index is 1.34. The van der Waals surface area contributed by atoms with E-state index in [2.05, 4.69) is 96.7 Å². The quantitative estimate of drug-likeness (QED) is 0.0738. The fraction of sp³-hybridized carbons (Fsp3) is 0.250. The fourth-order valence-electron chi connectivity index (χ4n) is 8.86. The highest BCUT2D eigenvalue weighted by atomic mass is 32.1. The molecule has 7 heterocycles. The molecule has 2 N–H and O–H groups in total. The number of fused-ring (bicyclic) bond motifs is 8. The normalized spacial score (nSPS) is 11.9. The average Bonchev–Trinajstić information content (AvgIpc) is 4.22. The molecule has 0 unspecified atom stereocenters. The number of carbonyl (C=O) groups excluding carboxylic acids is 2. The third-order valence-corrected chi connectivity index (χ3v) is 14.6. The maximum atomic E-state index is 12.6. The van der Waals surface area contributed by atoms with Crippen molar-refractivity contribution in [3.8, 4) is 43.1 Å². The van der Waals surface area contributed by atoms with Crippen molar-refractivity contribution in [2.75, 3.05) is 14.2 Å². The molecule has 0 aliphatic carbocycles. The van der Waals surface area contributed by atoms with E-state index in [-0.39, 0.29) is 0 Å². The number of thiophene rings is 2. The lowest BCUT2D eigenvalue weighted by Gasteiger charge is -2.07. The zero-order chi connectivity index (χ0) is 45.6. The molecule has 0 spiro atoms. The van der Waals surface area contributed by atoms with E-state index in [4.69, 9.17) is 19.4 Å². The van der Waals surface area contributed by atoms with Gasteiger partial charge in [0.15, 0.2) is 0 Å². The van der Waals surface area contributed by atoms with Gasteiger partial charge >= 0.3 is 11.9 Å². The molecule has 334 valence electrons. The van der Waals surface area contributed by atoms with Crippen molar-refractivity contribution in [2.45, 2.75) is 78.1 Å². The van der Waals surface area contributed by atoms with Crippen LogP contribution in [0, 0.1) is 0 Å². The van der Waals surface area contributed by atoms with Crippen LogP contribution in [0.5, 0.6) is 0 Å². The summed E-state index contributed by atoms with van der Waals surface area (Å²) in [7, 11) is 2.78. The van der Waals surface area contributed by atoms with E-state index in [1.807, 2.05) is 46.9 Å². The van der Waals surface area contributed by atoms with Crippen LogP contribution in [0.4, 0.5) is 0 Å². The summed E-state index contributed by atoms with van der Waals surface area (Å²) < 4.78 is 10.1. The van der Waals surface area contributed by atoms with Crippen LogP contribution in [0.25, 0.3) is 89.5 Å². The van der Waals surface area contributed by atoms with Crippen LogP contribution in [-0.4, -0.2) is 46.1 Å². The lowest BCUT2D eigenvalue weighted by molar-refractivity contribution is 0.0592. The number of nitrogens with one attached hydrogen (secondary N) is 2. The first-order valence-electron chi connectivity index (χ1n) is 23.1. The van der Waals surface area contributed by atoms with Gasteiger partial charge in [-0.15, -0.1) is 22.7 Å². The van der Waals surface area contributed by atoms with Crippen molar-refractivity contribution in [2.24, 2.45) is 0 Å². The summed E-state index contributed by atoms with van der Waals surface area (Å²) >= 11 is 3.69. The molecule has 10 heteroatoms. The summed E-state index contributed by atoms with van der Waals surface area (Å²) in [6, 6.07) is 32.6. The predicted octanol–water partition coefficient (Wildman–Crippen LogP) is 15.3. The Bertz CT molecular complexity index is 2920. The molecular formula is C56H54N4O4S2. The van der Waals surface area contributed by atoms with Gasteiger partial charge in [0.1, 0.15) is 0 Å². The second-order valence-corrected chi connectivity index (χ2v) is 19.1. The van der Waals surface area contributed by atoms with Gasteiger partial charge in [0, 0.05) is 63.8 Å². The van der Waals surface area contributed by atoms with Crippen LogP contribution in [0.15, 0.2) is 97.1 Å². The van der Waals surface area contributed by atoms with Crippen molar-refractivity contribution < 1.29 is 19.1 Å². The molecule has 0 saturated carbocycles. The third-order valence-electron chi connectivity index (χ3n) is 12.3. The van der Waals surface area contributed by atoms with Crippen molar-refractivity contribution >= 4 is 81.0 Å². The number of aromatic amines is 2. The number of aryl methyl sites for hydroxylation is 2. The Kier molecular flexibility index (Phi) is 13.7. The van der Waals surface area contributed by atoms with Crippen LogP contribution in [0.1, 0.15) is 118 Å². The molecule has 9 rings (SSSR count). The standard InChI is InChI=1S/C56H54N4O4S2/c1-5-7-9-11-13-39-23-33-49(65-39)53-45-29-27-43(58-45)51(35-15-19-37(20-16-35)55(61)63-3)41-25-26-42(57-41)52(36-17-21-38(22-18-36)56(62)64-4)44-28-30-46(59-44)54(48-32-31-47(53)60-48)50-34-24-40(66-50)14-12-10-8-6-2/h15-34,58-59H,5-14H2,1-4H3. The maximum absolute atomic E-state index is 12.6. The first-order valence-corrected chi connectivity index (χ1v) is 24.7. The largest absolute Gasteiger partial charge is 0.465 e. The van der Waals surface area contributed by atoms with E-state index >= 15 is 0 Å². The monoisotopic (exact) mass is 910 g/mol. The molecule has 7 aromatic rings. The summed E-state index contributed by atoms with van der Waals surface area (Å²) in [6.45, 7) is 4.51. The van der Waals surface area contributed by atoms with E-state index in [1.165, 1.54) is 75.3 Å². The molecule has 2 aromatic carbocycles. The number of aromatic nitrogens is 4. The molecule has 66 heavy (non-hydrogen) atoms. The number of carbonyl (C=O) groups is 2. The summed E-state index contributed by atoms with van der Waals surface area (Å²) in [5, 5.41) is 0. The summed E-state index contributed by atoms with van der Waals surface area (Å²) in [6.07, 6.45) is 20.3. The highest BCUT2D eigenvalue weighted by Crippen LogP contribution is 2.41. The zero-order valence-corrected chi connectivity index (χ0v) is 39.6. The summed E-state index contributed by atoms with van der Waals surface area (Å²) in [5.41, 5.74) is 13.5. The van der Waals surface area contributed by atoms with Crippen molar-refractivity contribution in [1.82, 2.24) is 19.9 Å². The average molecular weight is 911 g/mol. The van der Waals surface area contributed by atoms with Gasteiger partial charge in [0.05, 0.1) is 48.1 Å². The van der Waals surface area contributed by atoms with Gasteiger partial charge < -0.3 is 19.4 Å². The number of H-pyrrole nitrogens is 2. The lowest BCUT2D eigenvalue weighted by Crippen LogP contribution is -2.00. The van der Waals surface area contributed by atoms with E-state index in [1.54, 1.807) is 24.3 Å². The van der Waals surface area contributed by atoms with Gasteiger partial charge in [0.25, 0.3) is 0 Å². The topological polar surface area (TPSA) is 110 Å². The molecule has 0 amide bonds. The second-order valence-electron chi connectivity index (χ2n) is 16.8. The first-order chi connectivity index (χ1) is 32.3. The molecule has 2 aliphatic heterocycles. The molecule has 0 saturated heterocycles. The number of rotatable bonds is 16. The second kappa shape index (κ2) is 20.3. The number of benzene rings is 2. The van der Waals surface area contributed by atoms with Gasteiger partial charge in [-0.05, 0) is 134 Å². The van der Waals surface area contributed by atoms with E-state index in [9.17, 15) is 9.59 Å². The number of esters is 2. The number of methoxy groups -OCH3 is 2. The van der Waals surface area contributed by atoms with Crippen molar-refractivity contribution in [3.05, 3.63) is 141 Å². The number of hydrogen-bond donors (Lipinski definition) is 2. The number of nitrogens with zero attached hydrogens (tertiary/aromatic N) is 2. The third kappa shape index (κ3) is 9.39. The number of unbranched alkanes of at least 4 members (excludes halogenated alkanes) is 6. The lowest BCUT2D eigenvalue weighted by atomic mass is 10.0. The Labute approximate surface area is 394 Å². The minimum atomic E-state index is -0.396. The highest BCUT2D eigenvalue weighted by Gasteiger charge is 2.21. The van der Waals surface area contributed by atoms with Crippen molar-refractivity contribution in [3.63, 3.8) is 0 Å². The Morgan fingerprint density at radius 1 is 0.455 bits per heavy atom. The molecule has 8 bridgehead atoms. The molecule has 0 radical (unpaired) electrons. The molecule has 8 nitrogen and oxygen atoms in total. The zero-order valence-electron chi connectivity index (χ0n) is 38.0. The van der Waals surface area contributed by atoms with E-state index in [0.29, 0.717) is 11.1 Å². The molecule has 2 aliphatic rings. The van der Waals surface area contributed by atoms with Gasteiger partial charge in [-0.3, -0.25) is 0 Å². The Morgan fingerprint density at radius 2 is 0.818 bits per heavy atom. The highest BCUT2D eigenvalue weighted by molar-refractivity contribution is 7.16. The van der Waals surface area contributed by atoms with E-state index in [0.717, 1.165) is 101 Å². The SMILES string of the molecule is CCCCCCc1ccc(-c2c3nc(c(-c4ccc(CCCCCC)s4)c4ccc([nH]4)c(-c4ccc(C(=O)OC)cc4)c4nc(c(-c5ccc(C(=O)OC)cc5)c5ccc2[nH]5)C=C4)C=C3)s1. The summed E-state index contributed by atoms with van der Waals surface area (Å²) in [4.78, 5) is 48.8. The number of hydrogen-bond acceptors (Lipinski definition) is 8. The van der Waals surface area contributed by atoms with Crippen LogP contribution in [0.3, 0.4) is 0 Å². The van der Waals surface area contributed by atoms with Crippen LogP contribution < -0.4 is 0 Å². The first kappa shape index (κ1) is 44.6. The van der Waals surface area contributed by atoms with Crippen LogP contribution >= 0.6 is 22.7 Å². The van der Waals surface area contributed by atoms with Crippen LogP contribution in [-0.2, 0) is 22.3 Å². The minimum absolute atomic E-state index is 0.396. The van der Waals surface area contributed by atoms with Gasteiger partial charge in [-0.2, -0.15) is 0 Å². The Hall–Kier alpha value is -6.62. The van der Waals surface area contributed by atoms with Gasteiger partial charge in [0.2, 0.25) is 0 Å². The fourth-order valence-corrected chi connectivity index (χ4v) is 11.1. The van der Waals surface area contributed by atoms with E-state index < -0.39 is 11.9 Å².